The summed E-state index contributed by atoms with van der Waals surface area (Å²) in [5, 5.41) is 2.36. The molecule has 1 aromatic heterocycles. The monoisotopic (exact) mass is 328 g/mol. The number of ether oxygens (including phenoxy) is 1. The molecular formula is C17H16N2O5. The number of furan rings is 1. The zero-order valence-electron chi connectivity index (χ0n) is 12.9. The summed E-state index contributed by atoms with van der Waals surface area (Å²) in [6.45, 7) is -0.113. The van der Waals surface area contributed by atoms with Crippen molar-refractivity contribution in [3.8, 4) is 0 Å². The Bertz CT molecular complexity index is 754. The van der Waals surface area contributed by atoms with Gasteiger partial charge < -0.3 is 19.4 Å². The van der Waals surface area contributed by atoms with E-state index in [-0.39, 0.29) is 24.8 Å². The molecule has 2 aromatic rings. The van der Waals surface area contributed by atoms with Gasteiger partial charge >= 0.3 is 5.97 Å². The average molecular weight is 328 g/mol. The van der Waals surface area contributed by atoms with Crippen molar-refractivity contribution < 1.29 is 23.5 Å². The number of fused-ring (bicyclic) bond motifs is 1. The molecule has 0 saturated carbocycles. The van der Waals surface area contributed by atoms with E-state index in [1.54, 1.807) is 11.0 Å². The van der Waals surface area contributed by atoms with Crippen LogP contribution in [0.5, 0.6) is 0 Å². The summed E-state index contributed by atoms with van der Waals surface area (Å²) in [7, 11) is 0. The summed E-state index contributed by atoms with van der Waals surface area (Å²) in [6, 6.07) is 10.7. The van der Waals surface area contributed by atoms with Crippen LogP contribution in [0, 0.1) is 0 Å². The molecule has 7 heteroatoms. The molecule has 3 rings (SSSR count). The van der Waals surface area contributed by atoms with Crippen LogP contribution in [0.15, 0.2) is 47.1 Å². The number of benzene rings is 1. The maximum Gasteiger partial charge on any atom is 0.325 e. The number of para-hydroxylation sites is 1. The Labute approximate surface area is 138 Å². The Hall–Kier alpha value is -3.09. The molecular weight excluding hydrogens is 312 g/mol. The van der Waals surface area contributed by atoms with E-state index in [9.17, 15) is 14.4 Å². The highest BCUT2D eigenvalue weighted by atomic mass is 16.5. The molecule has 0 spiro atoms. The molecule has 1 aliphatic rings. The lowest BCUT2D eigenvalue weighted by Gasteiger charge is -2.17. The van der Waals surface area contributed by atoms with E-state index < -0.39 is 11.9 Å². The quantitative estimate of drug-likeness (QED) is 0.832. The van der Waals surface area contributed by atoms with Crippen LogP contribution < -0.4 is 10.2 Å². The molecule has 24 heavy (non-hydrogen) atoms. The Kier molecular flexibility index (Phi) is 4.60. The number of carbonyl (C=O) groups is 3. The van der Waals surface area contributed by atoms with Gasteiger partial charge in [0.2, 0.25) is 0 Å². The van der Waals surface area contributed by atoms with Gasteiger partial charge in [-0.15, -0.1) is 0 Å². The standard InChI is InChI=1S/C17H16N2O5/c20-15(19-8-7-12-4-1-2-5-13(12)19)11-24-16(21)10-18-17(22)14-6-3-9-23-14/h1-6,9H,7-8,10-11H2,(H,18,22). The first-order valence-corrected chi connectivity index (χ1v) is 7.51. The van der Waals surface area contributed by atoms with Gasteiger partial charge in [0.15, 0.2) is 12.4 Å². The zero-order valence-corrected chi connectivity index (χ0v) is 12.9. The highest BCUT2D eigenvalue weighted by Gasteiger charge is 2.24. The molecule has 0 unspecified atom stereocenters. The second-order valence-corrected chi connectivity index (χ2v) is 5.24. The van der Waals surface area contributed by atoms with Crippen molar-refractivity contribution in [3.05, 3.63) is 54.0 Å². The molecule has 0 bridgehead atoms. The fourth-order valence-electron chi connectivity index (χ4n) is 2.52. The number of anilines is 1. The Morgan fingerprint density at radius 3 is 2.79 bits per heavy atom. The topological polar surface area (TPSA) is 88.9 Å². The Balaban J connectivity index is 1.45. The second kappa shape index (κ2) is 6.99. The molecule has 0 atom stereocenters. The fraction of sp³-hybridized carbons (Fsp3) is 0.235. The largest absolute Gasteiger partial charge is 0.459 e. The number of hydrogen-bond acceptors (Lipinski definition) is 5. The number of carbonyl (C=O) groups excluding carboxylic acids is 3. The van der Waals surface area contributed by atoms with Crippen molar-refractivity contribution in [1.82, 2.24) is 5.32 Å². The molecule has 2 heterocycles. The molecule has 0 saturated heterocycles. The van der Waals surface area contributed by atoms with Gasteiger partial charge in [0.05, 0.1) is 6.26 Å². The summed E-state index contributed by atoms with van der Waals surface area (Å²) in [5.41, 5.74) is 1.95. The van der Waals surface area contributed by atoms with Gasteiger partial charge in [-0.3, -0.25) is 14.4 Å². The van der Waals surface area contributed by atoms with Gasteiger partial charge in [-0.2, -0.15) is 0 Å². The highest BCUT2D eigenvalue weighted by Crippen LogP contribution is 2.27. The predicted octanol–water partition coefficient (Wildman–Crippen LogP) is 1.14. The van der Waals surface area contributed by atoms with Crippen molar-refractivity contribution in [2.45, 2.75) is 6.42 Å². The van der Waals surface area contributed by atoms with E-state index in [0.717, 1.165) is 17.7 Å². The number of hydrogen-bond donors (Lipinski definition) is 1. The predicted molar refractivity (Wildman–Crippen MR) is 84.5 cm³/mol. The SMILES string of the molecule is O=C(CNC(=O)c1ccco1)OCC(=O)N1CCc2ccccc21. The van der Waals surface area contributed by atoms with Gasteiger partial charge in [0, 0.05) is 12.2 Å². The number of esters is 1. The average Bonchev–Trinajstić information content (AvgIpc) is 3.26. The molecule has 0 fully saturated rings. The van der Waals surface area contributed by atoms with Crippen molar-refractivity contribution >= 4 is 23.5 Å². The third-order valence-corrected chi connectivity index (χ3v) is 3.68. The lowest BCUT2D eigenvalue weighted by atomic mass is 10.2. The first-order chi connectivity index (χ1) is 11.6. The van der Waals surface area contributed by atoms with E-state index in [2.05, 4.69) is 5.32 Å². The van der Waals surface area contributed by atoms with E-state index in [4.69, 9.17) is 9.15 Å². The molecule has 2 amide bonds. The number of nitrogens with zero attached hydrogens (tertiary/aromatic N) is 1. The molecule has 1 aromatic carbocycles. The first kappa shape index (κ1) is 15.8. The Morgan fingerprint density at radius 2 is 2.00 bits per heavy atom. The van der Waals surface area contributed by atoms with Crippen molar-refractivity contribution in [2.75, 3.05) is 24.6 Å². The maximum atomic E-state index is 12.2. The lowest BCUT2D eigenvalue weighted by molar-refractivity contribution is -0.146. The van der Waals surface area contributed by atoms with Crippen molar-refractivity contribution in [1.29, 1.82) is 0 Å². The van der Waals surface area contributed by atoms with Crippen LogP contribution in [0.2, 0.25) is 0 Å². The highest BCUT2D eigenvalue weighted by molar-refractivity contribution is 5.97. The maximum absolute atomic E-state index is 12.2. The summed E-state index contributed by atoms with van der Waals surface area (Å²) in [5.74, 6) is -1.38. The van der Waals surface area contributed by atoms with Crippen LogP contribution >= 0.6 is 0 Å². The third kappa shape index (κ3) is 3.45. The molecule has 7 nitrogen and oxygen atoms in total. The van der Waals surface area contributed by atoms with Gasteiger partial charge in [-0.1, -0.05) is 18.2 Å². The molecule has 1 aliphatic heterocycles. The van der Waals surface area contributed by atoms with Crippen LogP contribution in [-0.4, -0.2) is 37.5 Å². The van der Waals surface area contributed by atoms with Crippen LogP contribution in [0.1, 0.15) is 16.1 Å². The molecule has 124 valence electrons. The number of nitrogens with one attached hydrogen (secondary N) is 1. The second-order valence-electron chi connectivity index (χ2n) is 5.24. The minimum atomic E-state index is -0.685. The van der Waals surface area contributed by atoms with Crippen LogP contribution in [0.25, 0.3) is 0 Å². The van der Waals surface area contributed by atoms with Crippen LogP contribution in [0.4, 0.5) is 5.69 Å². The van der Waals surface area contributed by atoms with Gasteiger partial charge in [0.1, 0.15) is 6.54 Å². The zero-order chi connectivity index (χ0) is 16.9. The molecule has 0 radical (unpaired) electrons. The minimum absolute atomic E-state index is 0.104. The van der Waals surface area contributed by atoms with Crippen LogP contribution in [-0.2, 0) is 20.7 Å². The summed E-state index contributed by atoms with van der Waals surface area (Å²) < 4.78 is 9.83. The van der Waals surface area contributed by atoms with E-state index in [1.165, 1.54) is 12.3 Å². The number of rotatable bonds is 5. The summed E-state index contributed by atoms with van der Waals surface area (Å²) in [6.07, 6.45) is 2.15. The van der Waals surface area contributed by atoms with Gasteiger partial charge in [0.25, 0.3) is 11.8 Å². The van der Waals surface area contributed by atoms with Crippen molar-refractivity contribution in [3.63, 3.8) is 0 Å². The van der Waals surface area contributed by atoms with E-state index >= 15 is 0 Å². The molecule has 1 N–H and O–H groups in total. The first-order valence-electron chi connectivity index (χ1n) is 7.51. The smallest absolute Gasteiger partial charge is 0.325 e. The van der Waals surface area contributed by atoms with Crippen LogP contribution in [0.3, 0.4) is 0 Å². The summed E-state index contributed by atoms with van der Waals surface area (Å²) >= 11 is 0. The molecule has 0 aliphatic carbocycles. The fourth-order valence-corrected chi connectivity index (χ4v) is 2.52. The van der Waals surface area contributed by atoms with Crippen molar-refractivity contribution in [2.24, 2.45) is 0 Å². The summed E-state index contributed by atoms with van der Waals surface area (Å²) in [4.78, 5) is 37.0. The lowest BCUT2D eigenvalue weighted by Crippen LogP contribution is -2.35. The third-order valence-electron chi connectivity index (χ3n) is 3.68. The Morgan fingerprint density at radius 1 is 1.17 bits per heavy atom. The van der Waals surface area contributed by atoms with Gasteiger partial charge in [-0.05, 0) is 30.2 Å². The normalized spacial score (nSPS) is 12.6. The van der Waals surface area contributed by atoms with Gasteiger partial charge in [-0.25, -0.2) is 0 Å². The number of amides is 2. The minimum Gasteiger partial charge on any atom is -0.459 e. The van der Waals surface area contributed by atoms with E-state index in [0.29, 0.717) is 6.54 Å². The van der Waals surface area contributed by atoms with E-state index in [1.807, 2.05) is 24.3 Å².